The first-order chi connectivity index (χ1) is 9.60. The predicted molar refractivity (Wildman–Crippen MR) is 77.9 cm³/mol. The zero-order chi connectivity index (χ0) is 14.5. The van der Waals surface area contributed by atoms with E-state index in [4.69, 9.17) is 0 Å². The SMILES string of the molecule is CSC1CCC(NCC(=O)Nc2c(F)cccc2F)C1. The van der Waals surface area contributed by atoms with E-state index in [0.29, 0.717) is 11.3 Å². The molecule has 0 aromatic heterocycles. The Kier molecular flexibility index (Phi) is 5.37. The fraction of sp³-hybridized carbons (Fsp3) is 0.500. The summed E-state index contributed by atoms with van der Waals surface area (Å²) in [6, 6.07) is 3.81. The molecule has 0 bridgehead atoms. The van der Waals surface area contributed by atoms with Gasteiger partial charge in [-0.2, -0.15) is 11.8 Å². The topological polar surface area (TPSA) is 41.1 Å². The maximum Gasteiger partial charge on any atom is 0.238 e. The fourth-order valence-electron chi connectivity index (χ4n) is 2.38. The molecule has 2 rings (SSSR count). The molecule has 1 saturated carbocycles. The lowest BCUT2D eigenvalue weighted by Crippen LogP contribution is -2.35. The summed E-state index contributed by atoms with van der Waals surface area (Å²) in [6.07, 6.45) is 5.29. The van der Waals surface area contributed by atoms with Gasteiger partial charge in [0.1, 0.15) is 17.3 Å². The summed E-state index contributed by atoms with van der Waals surface area (Å²) in [5.74, 6) is -1.95. The van der Waals surface area contributed by atoms with Crippen molar-refractivity contribution in [3.8, 4) is 0 Å². The summed E-state index contributed by atoms with van der Waals surface area (Å²) >= 11 is 1.84. The van der Waals surface area contributed by atoms with Gasteiger partial charge in [-0.1, -0.05) is 6.07 Å². The Labute approximate surface area is 121 Å². The monoisotopic (exact) mass is 300 g/mol. The smallest absolute Gasteiger partial charge is 0.238 e. The van der Waals surface area contributed by atoms with E-state index in [1.807, 2.05) is 11.8 Å². The van der Waals surface area contributed by atoms with E-state index in [9.17, 15) is 13.6 Å². The molecule has 0 aliphatic heterocycles. The molecule has 1 aromatic rings. The molecule has 1 amide bonds. The molecule has 0 saturated heterocycles. The number of halogens is 2. The number of rotatable bonds is 5. The van der Waals surface area contributed by atoms with Gasteiger partial charge >= 0.3 is 0 Å². The average Bonchev–Trinajstić information content (AvgIpc) is 2.89. The summed E-state index contributed by atoms with van der Waals surface area (Å²) < 4.78 is 26.7. The van der Waals surface area contributed by atoms with Crippen molar-refractivity contribution in [2.45, 2.75) is 30.6 Å². The van der Waals surface area contributed by atoms with Crippen molar-refractivity contribution in [1.82, 2.24) is 5.32 Å². The number of hydrogen-bond acceptors (Lipinski definition) is 3. The Morgan fingerprint density at radius 1 is 1.35 bits per heavy atom. The maximum atomic E-state index is 13.4. The first kappa shape index (κ1) is 15.3. The molecule has 6 heteroatoms. The van der Waals surface area contributed by atoms with Crippen molar-refractivity contribution >= 4 is 23.4 Å². The zero-order valence-electron chi connectivity index (χ0n) is 11.3. The van der Waals surface area contributed by atoms with Gasteiger partial charge in [0.2, 0.25) is 5.91 Å². The average molecular weight is 300 g/mol. The van der Waals surface area contributed by atoms with Crippen LogP contribution in [0.4, 0.5) is 14.5 Å². The van der Waals surface area contributed by atoms with Gasteiger partial charge < -0.3 is 10.6 Å². The molecule has 3 nitrogen and oxygen atoms in total. The highest BCUT2D eigenvalue weighted by molar-refractivity contribution is 7.99. The lowest BCUT2D eigenvalue weighted by atomic mass is 10.2. The Balaban J connectivity index is 1.81. The van der Waals surface area contributed by atoms with Gasteiger partial charge in [-0.3, -0.25) is 4.79 Å². The number of anilines is 1. The standard InChI is InChI=1S/C14H18F2N2OS/c1-20-10-6-5-9(7-10)17-8-13(19)18-14-11(15)3-2-4-12(14)16/h2-4,9-10,17H,5-8H2,1H3,(H,18,19). The van der Waals surface area contributed by atoms with Crippen LogP contribution >= 0.6 is 11.8 Å². The van der Waals surface area contributed by atoms with E-state index < -0.39 is 17.5 Å². The van der Waals surface area contributed by atoms with Crippen LogP contribution in [0.5, 0.6) is 0 Å². The van der Waals surface area contributed by atoms with Crippen LogP contribution in [0.1, 0.15) is 19.3 Å². The second-order valence-electron chi connectivity index (χ2n) is 4.89. The molecule has 1 aromatic carbocycles. The number of thioether (sulfide) groups is 1. The van der Waals surface area contributed by atoms with E-state index in [0.717, 1.165) is 31.4 Å². The second-order valence-corrected chi connectivity index (χ2v) is 6.03. The van der Waals surface area contributed by atoms with Crippen LogP contribution in [-0.2, 0) is 4.79 Å². The number of benzene rings is 1. The summed E-state index contributed by atoms with van der Waals surface area (Å²) in [5, 5.41) is 6.04. The van der Waals surface area contributed by atoms with E-state index in [1.165, 1.54) is 6.07 Å². The van der Waals surface area contributed by atoms with Crippen molar-refractivity contribution in [2.75, 3.05) is 18.1 Å². The molecule has 2 atom stereocenters. The summed E-state index contributed by atoms with van der Waals surface area (Å²) in [5.41, 5.74) is -0.382. The fourth-order valence-corrected chi connectivity index (χ4v) is 3.17. The van der Waals surface area contributed by atoms with E-state index in [-0.39, 0.29) is 12.2 Å². The van der Waals surface area contributed by atoms with Crippen LogP contribution in [0, 0.1) is 11.6 Å². The number of hydrogen-bond donors (Lipinski definition) is 2. The predicted octanol–water partition coefficient (Wildman–Crippen LogP) is 2.78. The first-order valence-corrected chi connectivity index (χ1v) is 7.89. The molecule has 110 valence electrons. The molecule has 0 radical (unpaired) electrons. The molecule has 0 spiro atoms. The highest BCUT2D eigenvalue weighted by atomic mass is 32.2. The quantitative estimate of drug-likeness (QED) is 0.878. The van der Waals surface area contributed by atoms with E-state index >= 15 is 0 Å². The molecule has 2 unspecified atom stereocenters. The minimum absolute atomic E-state index is 0.0690. The third-order valence-corrected chi connectivity index (χ3v) is 4.59. The van der Waals surface area contributed by atoms with Crippen molar-refractivity contribution in [3.63, 3.8) is 0 Å². The van der Waals surface area contributed by atoms with Crippen molar-refractivity contribution in [2.24, 2.45) is 0 Å². The molecule has 1 aliphatic rings. The summed E-state index contributed by atoms with van der Waals surface area (Å²) in [7, 11) is 0. The molecule has 1 fully saturated rings. The van der Waals surface area contributed by atoms with Crippen LogP contribution < -0.4 is 10.6 Å². The highest BCUT2D eigenvalue weighted by Crippen LogP contribution is 2.28. The van der Waals surface area contributed by atoms with E-state index in [1.54, 1.807) is 0 Å². The molecule has 2 N–H and O–H groups in total. The second kappa shape index (κ2) is 7.04. The first-order valence-electron chi connectivity index (χ1n) is 6.60. The van der Waals surface area contributed by atoms with Crippen LogP contribution in [-0.4, -0.2) is 30.0 Å². The molecule has 0 heterocycles. The number of carbonyl (C=O) groups excluding carboxylic acids is 1. The largest absolute Gasteiger partial charge is 0.320 e. The number of nitrogens with one attached hydrogen (secondary N) is 2. The molecule has 1 aliphatic carbocycles. The Bertz CT molecular complexity index is 464. The van der Waals surface area contributed by atoms with Gasteiger partial charge in [-0.05, 0) is 37.7 Å². The van der Waals surface area contributed by atoms with Gasteiger partial charge in [-0.15, -0.1) is 0 Å². The van der Waals surface area contributed by atoms with Crippen LogP contribution in [0.15, 0.2) is 18.2 Å². The van der Waals surface area contributed by atoms with E-state index in [2.05, 4.69) is 16.9 Å². The van der Waals surface area contributed by atoms with Crippen molar-refractivity contribution in [1.29, 1.82) is 0 Å². The van der Waals surface area contributed by atoms with Crippen molar-refractivity contribution in [3.05, 3.63) is 29.8 Å². The zero-order valence-corrected chi connectivity index (χ0v) is 12.1. The Hall–Kier alpha value is -1.14. The molecular weight excluding hydrogens is 282 g/mol. The van der Waals surface area contributed by atoms with Crippen molar-refractivity contribution < 1.29 is 13.6 Å². The normalized spacial score (nSPS) is 21.9. The van der Waals surface area contributed by atoms with Crippen LogP contribution in [0.2, 0.25) is 0 Å². The number of amides is 1. The third-order valence-electron chi connectivity index (χ3n) is 3.50. The lowest BCUT2D eigenvalue weighted by Gasteiger charge is -2.13. The van der Waals surface area contributed by atoms with Crippen LogP contribution in [0.3, 0.4) is 0 Å². The van der Waals surface area contributed by atoms with Crippen LogP contribution in [0.25, 0.3) is 0 Å². The lowest BCUT2D eigenvalue weighted by molar-refractivity contribution is -0.115. The Morgan fingerprint density at radius 3 is 2.65 bits per heavy atom. The van der Waals surface area contributed by atoms with Gasteiger partial charge in [-0.25, -0.2) is 8.78 Å². The molecular formula is C14H18F2N2OS. The summed E-state index contributed by atoms with van der Waals surface area (Å²) in [4.78, 5) is 11.7. The third kappa shape index (κ3) is 3.93. The highest BCUT2D eigenvalue weighted by Gasteiger charge is 2.24. The van der Waals surface area contributed by atoms with Gasteiger partial charge in [0.25, 0.3) is 0 Å². The molecule has 20 heavy (non-hydrogen) atoms. The Morgan fingerprint density at radius 2 is 2.05 bits per heavy atom. The number of para-hydroxylation sites is 1. The van der Waals surface area contributed by atoms with Gasteiger partial charge in [0.15, 0.2) is 0 Å². The minimum Gasteiger partial charge on any atom is -0.320 e. The summed E-state index contributed by atoms with van der Waals surface area (Å²) in [6.45, 7) is 0.0690. The maximum absolute atomic E-state index is 13.4. The van der Waals surface area contributed by atoms with Gasteiger partial charge in [0, 0.05) is 11.3 Å². The van der Waals surface area contributed by atoms with Gasteiger partial charge in [0.05, 0.1) is 6.54 Å². The number of carbonyl (C=O) groups is 1. The minimum atomic E-state index is -0.762.